The minimum atomic E-state index is -0.496. The number of rotatable bonds is 9. The van der Waals surface area contributed by atoms with E-state index in [4.69, 9.17) is 0 Å². The summed E-state index contributed by atoms with van der Waals surface area (Å²) in [4.78, 5) is 28.0. The number of nitrogens with zero attached hydrogens (tertiary/aromatic N) is 1. The second-order valence-corrected chi connectivity index (χ2v) is 10.00. The van der Waals surface area contributed by atoms with Crippen molar-refractivity contribution in [2.24, 2.45) is 0 Å². The Labute approximate surface area is 197 Å². The molecule has 32 heavy (non-hydrogen) atoms. The number of nitrogens with one attached hydrogen (secondary N) is 1. The Morgan fingerprint density at radius 1 is 1.00 bits per heavy atom. The monoisotopic (exact) mass is 452 g/mol. The van der Waals surface area contributed by atoms with Gasteiger partial charge in [-0.2, -0.15) is 0 Å². The van der Waals surface area contributed by atoms with Gasteiger partial charge in [-0.1, -0.05) is 78.9 Å². The molecule has 0 aliphatic heterocycles. The summed E-state index contributed by atoms with van der Waals surface area (Å²) in [7, 11) is 0. The lowest BCUT2D eigenvalue weighted by molar-refractivity contribution is -0.139. The lowest BCUT2D eigenvalue weighted by atomic mass is 9.95. The Kier molecular flexibility index (Phi) is 9.22. The van der Waals surface area contributed by atoms with Gasteiger partial charge in [0.25, 0.3) is 0 Å². The third-order valence-electron chi connectivity index (χ3n) is 6.13. The number of hydrogen-bond donors (Lipinski definition) is 1. The van der Waals surface area contributed by atoms with Crippen molar-refractivity contribution in [3.63, 3.8) is 0 Å². The highest BCUT2D eigenvalue weighted by Crippen LogP contribution is 2.20. The number of carbonyl (C=O) groups excluding carboxylic acids is 2. The molecule has 0 spiro atoms. The lowest BCUT2D eigenvalue weighted by Crippen LogP contribution is -2.50. The van der Waals surface area contributed by atoms with Gasteiger partial charge in [-0.15, -0.1) is 11.8 Å². The quantitative estimate of drug-likeness (QED) is 0.554. The Hall–Kier alpha value is -2.27. The highest BCUT2D eigenvalue weighted by Gasteiger charge is 2.28. The summed E-state index contributed by atoms with van der Waals surface area (Å²) in [5, 5.41) is 3.20. The van der Waals surface area contributed by atoms with E-state index in [1.807, 2.05) is 32.0 Å². The van der Waals surface area contributed by atoms with E-state index in [1.54, 1.807) is 16.7 Å². The topological polar surface area (TPSA) is 49.4 Å². The number of carbonyl (C=O) groups is 2. The molecule has 0 bridgehead atoms. The third kappa shape index (κ3) is 7.40. The summed E-state index contributed by atoms with van der Waals surface area (Å²) in [6.45, 7) is 6.43. The number of amides is 2. The molecule has 1 aliphatic carbocycles. The first kappa shape index (κ1) is 24.4. The molecule has 0 radical (unpaired) electrons. The van der Waals surface area contributed by atoms with Crippen LogP contribution in [0.15, 0.2) is 48.5 Å². The van der Waals surface area contributed by atoms with Crippen molar-refractivity contribution in [1.82, 2.24) is 10.2 Å². The second-order valence-electron chi connectivity index (χ2n) is 9.01. The van der Waals surface area contributed by atoms with Gasteiger partial charge in [0, 0.05) is 18.3 Å². The average molecular weight is 453 g/mol. The molecule has 0 unspecified atom stereocenters. The molecule has 0 heterocycles. The maximum absolute atomic E-state index is 13.3. The molecule has 4 nitrogen and oxygen atoms in total. The van der Waals surface area contributed by atoms with E-state index in [1.165, 1.54) is 30.4 Å². The summed E-state index contributed by atoms with van der Waals surface area (Å²) < 4.78 is 0. The molecule has 2 amide bonds. The van der Waals surface area contributed by atoms with Crippen LogP contribution in [0.3, 0.4) is 0 Å². The molecule has 172 valence electrons. The fourth-order valence-corrected chi connectivity index (χ4v) is 5.16. The summed E-state index contributed by atoms with van der Waals surface area (Å²) >= 11 is 1.61. The molecule has 1 saturated carbocycles. The summed E-state index contributed by atoms with van der Waals surface area (Å²) in [6.07, 6.45) is 5.66. The van der Waals surface area contributed by atoms with Crippen molar-refractivity contribution in [3.05, 3.63) is 70.8 Å². The van der Waals surface area contributed by atoms with Crippen LogP contribution in [0.25, 0.3) is 0 Å². The van der Waals surface area contributed by atoms with Crippen molar-refractivity contribution in [2.45, 2.75) is 77.3 Å². The molecule has 0 aromatic heterocycles. The Balaban J connectivity index is 1.65. The van der Waals surface area contributed by atoms with Crippen LogP contribution in [0.1, 0.15) is 61.3 Å². The van der Waals surface area contributed by atoms with E-state index in [-0.39, 0.29) is 17.9 Å². The average Bonchev–Trinajstić information content (AvgIpc) is 2.77. The van der Waals surface area contributed by atoms with E-state index in [9.17, 15) is 9.59 Å². The first-order valence-corrected chi connectivity index (χ1v) is 12.9. The molecule has 1 fully saturated rings. The van der Waals surface area contributed by atoms with E-state index in [0.717, 1.165) is 29.7 Å². The molecule has 1 atom stereocenters. The Bertz CT molecular complexity index is 908. The largest absolute Gasteiger partial charge is 0.352 e. The zero-order chi connectivity index (χ0) is 22.9. The first-order valence-electron chi connectivity index (χ1n) is 11.7. The van der Waals surface area contributed by atoms with Crippen LogP contribution in [-0.4, -0.2) is 34.6 Å². The van der Waals surface area contributed by atoms with Crippen molar-refractivity contribution in [2.75, 3.05) is 5.75 Å². The van der Waals surface area contributed by atoms with Crippen LogP contribution in [0.5, 0.6) is 0 Å². The van der Waals surface area contributed by atoms with Gasteiger partial charge >= 0.3 is 0 Å². The van der Waals surface area contributed by atoms with Crippen LogP contribution in [-0.2, 0) is 21.9 Å². The fourth-order valence-electron chi connectivity index (χ4n) is 4.30. The van der Waals surface area contributed by atoms with Gasteiger partial charge in [0.05, 0.1) is 5.75 Å². The van der Waals surface area contributed by atoms with Crippen LogP contribution < -0.4 is 5.32 Å². The first-order chi connectivity index (χ1) is 15.4. The minimum absolute atomic E-state index is 0.00968. The zero-order valence-electron chi connectivity index (χ0n) is 19.6. The summed E-state index contributed by atoms with van der Waals surface area (Å²) in [5.41, 5.74) is 4.65. The van der Waals surface area contributed by atoms with Gasteiger partial charge < -0.3 is 10.2 Å². The van der Waals surface area contributed by atoms with E-state index in [2.05, 4.69) is 42.6 Å². The fraction of sp³-hybridized carbons (Fsp3) is 0.481. The van der Waals surface area contributed by atoms with Gasteiger partial charge in [-0.25, -0.2) is 0 Å². The third-order valence-corrected chi connectivity index (χ3v) is 7.12. The van der Waals surface area contributed by atoms with Crippen LogP contribution >= 0.6 is 11.8 Å². The molecule has 3 rings (SSSR count). The van der Waals surface area contributed by atoms with Gasteiger partial charge in [0.2, 0.25) is 11.8 Å². The Morgan fingerprint density at radius 3 is 2.28 bits per heavy atom. The van der Waals surface area contributed by atoms with Gasteiger partial charge in [-0.05, 0) is 44.7 Å². The van der Waals surface area contributed by atoms with Gasteiger partial charge in [-0.3, -0.25) is 9.59 Å². The molecule has 1 aliphatic rings. The smallest absolute Gasteiger partial charge is 0.242 e. The number of benzene rings is 2. The minimum Gasteiger partial charge on any atom is -0.352 e. The van der Waals surface area contributed by atoms with Crippen LogP contribution in [0.4, 0.5) is 0 Å². The summed E-state index contributed by atoms with van der Waals surface area (Å²) in [5.74, 6) is 1.12. The maximum atomic E-state index is 13.3. The van der Waals surface area contributed by atoms with Crippen LogP contribution in [0, 0.1) is 13.8 Å². The molecule has 2 aromatic rings. The molecule has 1 N–H and O–H groups in total. The normalized spacial score (nSPS) is 15.2. The van der Waals surface area contributed by atoms with Crippen molar-refractivity contribution < 1.29 is 9.59 Å². The second kappa shape index (κ2) is 12.1. The van der Waals surface area contributed by atoms with E-state index < -0.39 is 6.04 Å². The maximum Gasteiger partial charge on any atom is 0.242 e. The highest BCUT2D eigenvalue weighted by atomic mass is 32.2. The van der Waals surface area contributed by atoms with E-state index in [0.29, 0.717) is 12.3 Å². The molecule has 2 aromatic carbocycles. The van der Waals surface area contributed by atoms with E-state index >= 15 is 0 Å². The number of hydrogen-bond acceptors (Lipinski definition) is 3. The molecule has 5 heteroatoms. The zero-order valence-corrected chi connectivity index (χ0v) is 20.4. The lowest BCUT2D eigenvalue weighted by Gasteiger charge is -2.31. The standard InChI is InChI=1S/C27H36N2O2S/c1-20-9-7-11-23(15-20)17-29(22(3)27(31)28-25-13-5-4-6-14-25)26(30)19-32-18-24-12-8-10-21(2)16-24/h7-12,15-16,22,25H,4-6,13-14,17-19H2,1-3H3,(H,28,31)/t22-/m0/s1. The molecule has 0 saturated heterocycles. The Morgan fingerprint density at radius 2 is 1.62 bits per heavy atom. The number of aryl methyl sites for hydroxylation is 2. The van der Waals surface area contributed by atoms with Gasteiger partial charge in [0.15, 0.2) is 0 Å². The number of thioether (sulfide) groups is 1. The predicted octanol–water partition coefficient (Wildman–Crippen LogP) is 5.40. The molecular formula is C27H36N2O2S. The highest BCUT2D eigenvalue weighted by molar-refractivity contribution is 7.99. The molecular weight excluding hydrogens is 416 g/mol. The van der Waals surface area contributed by atoms with Crippen molar-refractivity contribution in [3.8, 4) is 0 Å². The van der Waals surface area contributed by atoms with Crippen LogP contribution in [0.2, 0.25) is 0 Å². The predicted molar refractivity (Wildman–Crippen MR) is 134 cm³/mol. The SMILES string of the molecule is Cc1cccc(CSCC(=O)N(Cc2cccc(C)c2)[C@@H](C)C(=O)NC2CCCCC2)c1. The van der Waals surface area contributed by atoms with Crippen molar-refractivity contribution in [1.29, 1.82) is 0 Å². The van der Waals surface area contributed by atoms with Crippen molar-refractivity contribution >= 4 is 23.6 Å². The summed E-state index contributed by atoms with van der Waals surface area (Å²) in [6, 6.07) is 16.3. The van der Waals surface area contributed by atoms with Gasteiger partial charge in [0.1, 0.15) is 6.04 Å².